The van der Waals surface area contributed by atoms with Crippen molar-refractivity contribution in [2.24, 2.45) is 0 Å². The number of benzene rings is 3. The summed E-state index contributed by atoms with van der Waals surface area (Å²) in [4.78, 5) is 26.7. The molecule has 0 bridgehead atoms. The lowest BCUT2D eigenvalue weighted by atomic mass is 10.1. The minimum atomic E-state index is -0.460. The summed E-state index contributed by atoms with van der Waals surface area (Å²) in [6, 6.07) is 17.1. The van der Waals surface area contributed by atoms with E-state index in [1.165, 1.54) is 0 Å². The number of halogens is 4. The van der Waals surface area contributed by atoms with Crippen LogP contribution in [0.1, 0.15) is 22.3 Å². The first-order valence-corrected chi connectivity index (χ1v) is 12.4. The fourth-order valence-corrected chi connectivity index (χ4v) is 5.23. The number of imide groups is 1. The van der Waals surface area contributed by atoms with Crippen molar-refractivity contribution < 1.29 is 14.3 Å². The molecule has 0 N–H and O–H groups in total. The number of hydrogen-bond donors (Lipinski definition) is 0. The van der Waals surface area contributed by atoms with E-state index in [1.54, 1.807) is 60.7 Å². The Morgan fingerprint density at radius 2 is 1.66 bits per heavy atom. The highest BCUT2D eigenvalue weighted by atomic mass is 35.5. The summed E-state index contributed by atoms with van der Waals surface area (Å²) in [5.41, 5.74) is 2.23. The second-order valence-electron chi connectivity index (χ2n) is 7.37. The minimum absolute atomic E-state index is 0.00723. The lowest BCUT2D eigenvalue weighted by Gasteiger charge is -2.13. The SMILES string of the molecule is N#Cc1ccccc1CN1C(=O)S/C(=C/c2cc(Cl)c(OCc3ccc(Cl)cc3Cl)c(Cl)c2)C1=O. The molecule has 0 unspecified atom stereocenters. The van der Waals surface area contributed by atoms with Crippen LogP contribution in [0.15, 0.2) is 59.5 Å². The number of rotatable bonds is 6. The number of thioether (sulfide) groups is 1. The predicted molar refractivity (Wildman–Crippen MR) is 140 cm³/mol. The number of hydrogen-bond acceptors (Lipinski definition) is 5. The van der Waals surface area contributed by atoms with E-state index >= 15 is 0 Å². The molecule has 1 fully saturated rings. The fourth-order valence-electron chi connectivity index (χ4n) is 3.31. The van der Waals surface area contributed by atoms with E-state index in [0.717, 1.165) is 16.7 Å². The van der Waals surface area contributed by atoms with E-state index in [0.29, 0.717) is 32.3 Å². The van der Waals surface area contributed by atoms with Gasteiger partial charge in [0.15, 0.2) is 5.75 Å². The number of amides is 2. The van der Waals surface area contributed by atoms with Crippen LogP contribution in [0.5, 0.6) is 5.75 Å². The quantitative estimate of drug-likeness (QED) is 0.284. The average molecular weight is 564 g/mol. The maximum Gasteiger partial charge on any atom is 0.293 e. The van der Waals surface area contributed by atoms with Crippen molar-refractivity contribution in [3.05, 3.63) is 102 Å². The second kappa shape index (κ2) is 10.9. The molecule has 4 rings (SSSR count). The Morgan fingerprint density at radius 3 is 2.34 bits per heavy atom. The molecule has 0 atom stereocenters. The highest BCUT2D eigenvalue weighted by molar-refractivity contribution is 8.18. The molecule has 3 aromatic carbocycles. The first-order chi connectivity index (χ1) is 16.8. The molecule has 0 spiro atoms. The van der Waals surface area contributed by atoms with E-state index < -0.39 is 11.1 Å². The summed E-state index contributed by atoms with van der Waals surface area (Å²) < 4.78 is 5.77. The van der Waals surface area contributed by atoms with Gasteiger partial charge in [-0.05, 0) is 59.3 Å². The molecular formula is C25H14Cl4N2O3S. The van der Waals surface area contributed by atoms with Gasteiger partial charge in [-0.25, -0.2) is 0 Å². The number of carbonyl (C=O) groups is 2. The molecule has 176 valence electrons. The van der Waals surface area contributed by atoms with E-state index in [2.05, 4.69) is 6.07 Å². The Kier molecular flexibility index (Phi) is 7.95. The topological polar surface area (TPSA) is 70.4 Å². The van der Waals surface area contributed by atoms with Crippen molar-refractivity contribution in [3.8, 4) is 11.8 Å². The highest BCUT2D eigenvalue weighted by Gasteiger charge is 2.35. The van der Waals surface area contributed by atoms with Crippen LogP contribution in [-0.2, 0) is 17.9 Å². The Bertz CT molecular complexity index is 1400. The Labute approximate surface area is 225 Å². The number of nitrogens with zero attached hydrogens (tertiary/aromatic N) is 2. The van der Waals surface area contributed by atoms with Crippen molar-refractivity contribution >= 4 is 75.4 Å². The molecule has 0 radical (unpaired) electrons. The molecule has 2 amide bonds. The molecule has 1 aliphatic heterocycles. The average Bonchev–Trinajstić information content (AvgIpc) is 3.07. The molecular weight excluding hydrogens is 550 g/mol. The molecule has 0 aliphatic carbocycles. The smallest absolute Gasteiger partial charge is 0.293 e. The zero-order valence-corrected chi connectivity index (χ0v) is 21.6. The van der Waals surface area contributed by atoms with Crippen LogP contribution in [0.2, 0.25) is 20.1 Å². The zero-order valence-electron chi connectivity index (χ0n) is 17.7. The van der Waals surface area contributed by atoms with Crippen molar-refractivity contribution in [3.63, 3.8) is 0 Å². The van der Waals surface area contributed by atoms with Gasteiger partial charge >= 0.3 is 0 Å². The molecule has 10 heteroatoms. The van der Waals surface area contributed by atoms with Gasteiger partial charge in [0.25, 0.3) is 11.1 Å². The maximum atomic E-state index is 12.9. The molecule has 1 heterocycles. The summed E-state index contributed by atoms with van der Waals surface area (Å²) in [5.74, 6) is -0.199. The molecule has 3 aromatic rings. The van der Waals surface area contributed by atoms with Crippen molar-refractivity contribution in [1.29, 1.82) is 5.26 Å². The van der Waals surface area contributed by atoms with Gasteiger partial charge in [0.05, 0.1) is 33.1 Å². The molecule has 1 saturated heterocycles. The normalized spacial score (nSPS) is 14.5. The number of ether oxygens (including phenoxy) is 1. The van der Waals surface area contributed by atoms with Crippen LogP contribution in [0.25, 0.3) is 6.08 Å². The predicted octanol–water partition coefficient (Wildman–Crippen LogP) is 7.99. The van der Waals surface area contributed by atoms with Gasteiger partial charge in [0, 0.05) is 15.6 Å². The van der Waals surface area contributed by atoms with Gasteiger partial charge in [0.2, 0.25) is 0 Å². The molecule has 35 heavy (non-hydrogen) atoms. The van der Waals surface area contributed by atoms with Gasteiger partial charge in [-0.15, -0.1) is 0 Å². The van der Waals surface area contributed by atoms with Gasteiger partial charge in [0.1, 0.15) is 6.61 Å². The van der Waals surface area contributed by atoms with Gasteiger partial charge < -0.3 is 4.74 Å². The van der Waals surface area contributed by atoms with Gasteiger partial charge in [-0.2, -0.15) is 5.26 Å². The summed E-state index contributed by atoms with van der Waals surface area (Å²) in [5, 5.41) is 10.3. The maximum absolute atomic E-state index is 12.9. The third-order valence-corrected chi connectivity index (χ3v) is 7.10. The molecule has 5 nitrogen and oxygen atoms in total. The van der Waals surface area contributed by atoms with Crippen LogP contribution in [0.3, 0.4) is 0 Å². The molecule has 0 aromatic heterocycles. The van der Waals surface area contributed by atoms with Crippen molar-refractivity contribution in [2.45, 2.75) is 13.2 Å². The zero-order chi connectivity index (χ0) is 25.1. The first-order valence-electron chi connectivity index (χ1n) is 10.1. The van der Waals surface area contributed by atoms with Crippen molar-refractivity contribution in [2.75, 3.05) is 0 Å². The summed E-state index contributed by atoms with van der Waals surface area (Å²) in [6.07, 6.45) is 1.54. The van der Waals surface area contributed by atoms with E-state index in [-0.39, 0.29) is 33.9 Å². The molecule has 1 aliphatic rings. The van der Waals surface area contributed by atoms with E-state index in [9.17, 15) is 14.9 Å². The largest absolute Gasteiger partial charge is 0.486 e. The summed E-state index contributed by atoms with van der Waals surface area (Å²) in [7, 11) is 0. The fraction of sp³-hybridized carbons (Fsp3) is 0.0800. The van der Waals surface area contributed by atoms with Crippen molar-refractivity contribution in [1.82, 2.24) is 4.90 Å². The first kappa shape index (κ1) is 25.4. The summed E-state index contributed by atoms with van der Waals surface area (Å²) in [6.45, 7) is 0.130. The lowest BCUT2D eigenvalue weighted by molar-refractivity contribution is -0.123. The minimum Gasteiger partial charge on any atom is -0.486 e. The number of nitriles is 1. The Morgan fingerprint density at radius 1 is 0.943 bits per heavy atom. The monoisotopic (exact) mass is 562 g/mol. The van der Waals surface area contributed by atoms with E-state index in [1.807, 2.05) is 0 Å². The lowest BCUT2D eigenvalue weighted by Crippen LogP contribution is -2.27. The van der Waals surface area contributed by atoms with Gasteiger partial charge in [-0.1, -0.05) is 70.7 Å². The number of carbonyl (C=O) groups excluding carboxylic acids is 2. The third kappa shape index (κ3) is 5.78. The van der Waals surface area contributed by atoms with Gasteiger partial charge in [-0.3, -0.25) is 14.5 Å². The standard InChI is InChI=1S/C25H14Cl4N2O3S/c26-18-6-5-17(19(27)10-18)13-34-23-20(28)7-14(8-21(23)29)9-22-24(32)31(25(33)35-22)12-16-4-2-1-3-15(16)11-30/h1-10H,12-13H2/b22-9+. The van der Waals surface area contributed by atoms with E-state index in [4.69, 9.17) is 51.1 Å². The third-order valence-electron chi connectivity index (χ3n) is 5.05. The summed E-state index contributed by atoms with van der Waals surface area (Å²) >= 11 is 25.7. The second-order valence-corrected chi connectivity index (χ2v) is 10.0. The highest BCUT2D eigenvalue weighted by Crippen LogP contribution is 2.38. The van der Waals surface area contributed by atoms with Crippen LogP contribution in [-0.4, -0.2) is 16.0 Å². The van der Waals surface area contributed by atoms with Crippen LogP contribution in [0.4, 0.5) is 4.79 Å². The van der Waals surface area contributed by atoms with Crippen LogP contribution >= 0.6 is 58.2 Å². The molecule has 0 saturated carbocycles. The van der Waals surface area contributed by atoms with Crippen LogP contribution in [0, 0.1) is 11.3 Å². The van der Waals surface area contributed by atoms with Crippen LogP contribution < -0.4 is 4.74 Å². The Hall–Kier alpha value is -2.66. The Balaban J connectivity index is 1.52.